The van der Waals surface area contributed by atoms with Crippen LogP contribution in [0.25, 0.3) is 0 Å². The summed E-state index contributed by atoms with van der Waals surface area (Å²) in [5, 5.41) is 2.81. The van der Waals surface area contributed by atoms with Gasteiger partial charge in [0.25, 0.3) is 5.91 Å². The van der Waals surface area contributed by atoms with Crippen LogP contribution >= 0.6 is 0 Å². The van der Waals surface area contributed by atoms with E-state index in [2.05, 4.69) is 12.2 Å². The van der Waals surface area contributed by atoms with E-state index in [1.54, 1.807) is 48.5 Å². The molecule has 0 bridgehead atoms. The summed E-state index contributed by atoms with van der Waals surface area (Å²) in [4.78, 5) is 23.1. The molecule has 0 aliphatic rings. The van der Waals surface area contributed by atoms with Gasteiger partial charge in [-0.25, -0.2) is 0 Å². The minimum atomic E-state index is -0.381. The lowest BCUT2D eigenvalue weighted by molar-refractivity contribution is -0.117. The molecule has 24 heavy (non-hydrogen) atoms. The number of unbranched alkanes of at least 4 members (excludes halogenated alkanes) is 1. The van der Waals surface area contributed by atoms with Gasteiger partial charge >= 0.3 is 0 Å². The number of hydrogen-bond donors (Lipinski definition) is 2. The zero-order valence-electron chi connectivity index (χ0n) is 13.7. The molecule has 3 N–H and O–H groups in total. The highest BCUT2D eigenvalue weighted by Gasteiger charge is 2.07. The van der Waals surface area contributed by atoms with Crippen molar-refractivity contribution in [2.45, 2.75) is 26.2 Å². The summed E-state index contributed by atoms with van der Waals surface area (Å²) < 4.78 is 5.57. The van der Waals surface area contributed by atoms with Crippen LogP contribution < -0.4 is 15.8 Å². The van der Waals surface area contributed by atoms with Gasteiger partial charge in [0.2, 0.25) is 5.91 Å². The van der Waals surface area contributed by atoms with Crippen LogP contribution in [0.2, 0.25) is 0 Å². The highest BCUT2D eigenvalue weighted by atomic mass is 16.5. The second-order valence-corrected chi connectivity index (χ2v) is 5.52. The first-order chi connectivity index (χ1) is 11.6. The zero-order chi connectivity index (χ0) is 17.4. The van der Waals surface area contributed by atoms with Crippen molar-refractivity contribution in [1.29, 1.82) is 0 Å². The Morgan fingerprint density at radius 1 is 1.04 bits per heavy atom. The van der Waals surface area contributed by atoms with Gasteiger partial charge < -0.3 is 15.8 Å². The minimum Gasteiger partial charge on any atom is -0.494 e. The van der Waals surface area contributed by atoms with Crippen molar-refractivity contribution < 1.29 is 14.3 Å². The van der Waals surface area contributed by atoms with E-state index < -0.39 is 0 Å². The van der Waals surface area contributed by atoms with Gasteiger partial charge in [-0.3, -0.25) is 9.59 Å². The van der Waals surface area contributed by atoms with Crippen molar-refractivity contribution in [2.75, 3.05) is 11.9 Å². The van der Waals surface area contributed by atoms with Crippen LogP contribution in [0.3, 0.4) is 0 Å². The van der Waals surface area contributed by atoms with Crippen LogP contribution in [0.15, 0.2) is 48.5 Å². The van der Waals surface area contributed by atoms with Gasteiger partial charge in [-0.2, -0.15) is 0 Å². The lowest BCUT2D eigenvalue weighted by Crippen LogP contribution is -2.14. The Morgan fingerprint density at radius 3 is 2.29 bits per heavy atom. The second-order valence-electron chi connectivity index (χ2n) is 5.52. The van der Waals surface area contributed by atoms with Gasteiger partial charge in [0, 0.05) is 11.3 Å². The summed E-state index contributed by atoms with van der Waals surface area (Å²) >= 11 is 0. The highest BCUT2D eigenvalue weighted by Crippen LogP contribution is 2.15. The number of amides is 2. The van der Waals surface area contributed by atoms with Crippen LogP contribution in [0.1, 0.15) is 35.7 Å². The fraction of sp³-hybridized carbons (Fsp3) is 0.263. The predicted molar refractivity (Wildman–Crippen MR) is 94.1 cm³/mol. The third kappa shape index (κ3) is 5.43. The van der Waals surface area contributed by atoms with E-state index in [9.17, 15) is 9.59 Å². The molecule has 2 aromatic rings. The van der Waals surface area contributed by atoms with Crippen molar-refractivity contribution in [3.8, 4) is 5.75 Å². The largest absolute Gasteiger partial charge is 0.494 e. The molecule has 0 aliphatic heterocycles. The van der Waals surface area contributed by atoms with Crippen LogP contribution in [-0.2, 0) is 11.2 Å². The van der Waals surface area contributed by atoms with Crippen LogP contribution in [0.4, 0.5) is 5.69 Å². The number of hydrogen-bond acceptors (Lipinski definition) is 3. The number of nitrogens with two attached hydrogens (primary N) is 1. The molecule has 0 saturated carbocycles. The van der Waals surface area contributed by atoms with E-state index in [0.717, 1.165) is 24.2 Å². The summed E-state index contributed by atoms with van der Waals surface area (Å²) in [6, 6.07) is 14.1. The molecule has 0 fully saturated rings. The fourth-order valence-electron chi connectivity index (χ4n) is 2.15. The maximum Gasteiger partial charge on any atom is 0.255 e. The molecule has 2 rings (SSSR count). The third-order valence-electron chi connectivity index (χ3n) is 3.47. The number of primary amides is 1. The van der Waals surface area contributed by atoms with Crippen molar-refractivity contribution >= 4 is 17.5 Å². The van der Waals surface area contributed by atoms with Gasteiger partial charge in [-0.05, 0) is 48.4 Å². The van der Waals surface area contributed by atoms with Crippen LogP contribution in [-0.4, -0.2) is 18.4 Å². The lowest BCUT2D eigenvalue weighted by atomic mass is 10.1. The summed E-state index contributed by atoms with van der Waals surface area (Å²) in [5.41, 5.74) is 7.18. The number of carbonyl (C=O) groups is 2. The van der Waals surface area contributed by atoms with E-state index in [0.29, 0.717) is 17.9 Å². The number of nitrogens with one attached hydrogen (secondary N) is 1. The van der Waals surface area contributed by atoms with E-state index in [-0.39, 0.29) is 18.2 Å². The van der Waals surface area contributed by atoms with Crippen LogP contribution in [0.5, 0.6) is 5.75 Å². The summed E-state index contributed by atoms with van der Waals surface area (Å²) in [7, 11) is 0. The Morgan fingerprint density at radius 2 is 1.71 bits per heavy atom. The lowest BCUT2D eigenvalue weighted by Gasteiger charge is -2.08. The second kappa shape index (κ2) is 8.72. The standard InChI is InChI=1S/C19H22N2O3/c1-2-3-12-24-17-10-6-15(7-11-17)19(23)21-16-8-4-14(5-9-16)13-18(20)22/h4-11H,2-3,12-13H2,1H3,(H2,20,22)(H,21,23). The van der Waals surface area contributed by atoms with Gasteiger partial charge in [-0.15, -0.1) is 0 Å². The monoisotopic (exact) mass is 326 g/mol. The Hall–Kier alpha value is -2.82. The Labute approximate surface area is 141 Å². The van der Waals surface area contributed by atoms with Gasteiger partial charge in [0.05, 0.1) is 13.0 Å². The normalized spacial score (nSPS) is 10.2. The molecular formula is C19H22N2O3. The first-order valence-electron chi connectivity index (χ1n) is 8.00. The number of rotatable bonds is 8. The van der Waals surface area contributed by atoms with E-state index in [1.165, 1.54) is 0 Å². The SMILES string of the molecule is CCCCOc1ccc(C(=O)Nc2ccc(CC(N)=O)cc2)cc1. The first kappa shape index (κ1) is 17.5. The van der Waals surface area contributed by atoms with Gasteiger partial charge in [0.1, 0.15) is 5.75 Å². The smallest absolute Gasteiger partial charge is 0.255 e. The first-order valence-corrected chi connectivity index (χ1v) is 8.00. The number of ether oxygens (including phenoxy) is 1. The number of carbonyl (C=O) groups excluding carboxylic acids is 2. The maximum atomic E-state index is 12.2. The molecule has 5 nitrogen and oxygen atoms in total. The zero-order valence-corrected chi connectivity index (χ0v) is 13.7. The van der Waals surface area contributed by atoms with Crippen molar-refractivity contribution in [1.82, 2.24) is 0 Å². The van der Waals surface area contributed by atoms with E-state index in [4.69, 9.17) is 10.5 Å². The van der Waals surface area contributed by atoms with Crippen molar-refractivity contribution in [2.24, 2.45) is 5.73 Å². The topological polar surface area (TPSA) is 81.4 Å². The molecule has 0 saturated heterocycles. The van der Waals surface area contributed by atoms with Gasteiger partial charge in [0.15, 0.2) is 0 Å². The number of benzene rings is 2. The van der Waals surface area contributed by atoms with E-state index in [1.807, 2.05) is 0 Å². The average Bonchev–Trinajstić information content (AvgIpc) is 2.57. The Kier molecular flexibility index (Phi) is 6.37. The third-order valence-corrected chi connectivity index (χ3v) is 3.47. The maximum absolute atomic E-state index is 12.2. The highest BCUT2D eigenvalue weighted by molar-refractivity contribution is 6.04. The molecule has 0 spiro atoms. The molecule has 0 heterocycles. The molecule has 0 atom stereocenters. The molecule has 0 aliphatic carbocycles. The molecule has 126 valence electrons. The summed E-state index contributed by atoms with van der Waals surface area (Å²) in [6.07, 6.45) is 2.28. The molecule has 0 aromatic heterocycles. The molecule has 5 heteroatoms. The average molecular weight is 326 g/mol. The molecular weight excluding hydrogens is 304 g/mol. The predicted octanol–water partition coefficient (Wildman–Crippen LogP) is 3.15. The quantitative estimate of drug-likeness (QED) is 0.731. The summed E-state index contributed by atoms with van der Waals surface area (Å²) in [5.74, 6) is 0.182. The molecule has 2 amide bonds. The minimum absolute atomic E-state index is 0.188. The van der Waals surface area contributed by atoms with Crippen molar-refractivity contribution in [3.05, 3.63) is 59.7 Å². The van der Waals surface area contributed by atoms with Crippen LogP contribution in [0, 0.1) is 0 Å². The molecule has 0 radical (unpaired) electrons. The van der Waals surface area contributed by atoms with E-state index >= 15 is 0 Å². The van der Waals surface area contributed by atoms with Crippen molar-refractivity contribution in [3.63, 3.8) is 0 Å². The molecule has 0 unspecified atom stereocenters. The molecule has 2 aromatic carbocycles. The number of anilines is 1. The fourth-order valence-corrected chi connectivity index (χ4v) is 2.15. The Bertz CT molecular complexity index is 679. The Balaban J connectivity index is 1.93. The summed E-state index contributed by atoms with van der Waals surface area (Å²) in [6.45, 7) is 2.79. The van der Waals surface area contributed by atoms with Gasteiger partial charge in [-0.1, -0.05) is 25.5 Å².